The molecule has 52 valence electrons. The van der Waals surface area contributed by atoms with Crippen molar-refractivity contribution in [3.8, 4) is 0 Å². The molecule has 0 saturated heterocycles. The fourth-order valence-corrected chi connectivity index (χ4v) is 0.332. The Kier molecular flexibility index (Phi) is 3.01. The number of aliphatic carboxylic acids is 1. The van der Waals surface area contributed by atoms with Crippen molar-refractivity contribution in [1.82, 2.24) is 4.42 Å². The van der Waals surface area contributed by atoms with Crippen LogP contribution < -0.4 is 0 Å². The minimum Gasteiger partial charge on any atom is -0.480 e. The van der Waals surface area contributed by atoms with Gasteiger partial charge in [-0.25, -0.2) is 4.42 Å². The zero-order valence-corrected chi connectivity index (χ0v) is 5.55. The van der Waals surface area contributed by atoms with Crippen LogP contribution in [-0.4, -0.2) is 27.9 Å². The summed E-state index contributed by atoms with van der Waals surface area (Å²) >= 11 is 5.11. The Morgan fingerprint density at radius 3 is 2.22 bits per heavy atom. The van der Waals surface area contributed by atoms with Crippen molar-refractivity contribution >= 4 is 23.7 Å². The summed E-state index contributed by atoms with van der Waals surface area (Å²) in [6.45, 7) is 0.729. The number of carbonyl (C=O) groups excluding carboxylic acids is 1. The first-order valence-electron chi connectivity index (χ1n) is 2.19. The van der Waals surface area contributed by atoms with Gasteiger partial charge in [0.15, 0.2) is 0 Å². The van der Waals surface area contributed by atoms with Crippen molar-refractivity contribution < 1.29 is 14.7 Å². The van der Waals surface area contributed by atoms with Gasteiger partial charge in [0.2, 0.25) is 5.91 Å². The molecule has 0 aromatic heterocycles. The Hall–Kier alpha value is -0.770. The van der Waals surface area contributed by atoms with Crippen LogP contribution in [-0.2, 0) is 9.59 Å². The summed E-state index contributed by atoms with van der Waals surface area (Å²) in [6, 6.07) is 0. The second-order valence-corrected chi connectivity index (χ2v) is 1.84. The van der Waals surface area contributed by atoms with E-state index in [-0.39, 0.29) is 0 Å². The highest BCUT2D eigenvalue weighted by atomic mass is 35.5. The van der Waals surface area contributed by atoms with Crippen LogP contribution in [0.3, 0.4) is 0 Å². The number of halogens is 1. The van der Waals surface area contributed by atoms with Gasteiger partial charge in [-0.3, -0.25) is 9.59 Å². The Labute approximate surface area is 57.1 Å². The first-order valence-corrected chi connectivity index (χ1v) is 2.53. The minimum absolute atomic E-state index is 0.461. The normalized spacial score (nSPS) is 8.67. The number of nitrogens with zero attached hydrogens (tertiary/aromatic N) is 1. The van der Waals surface area contributed by atoms with Crippen molar-refractivity contribution in [1.29, 1.82) is 0 Å². The fraction of sp³-hybridized carbons (Fsp3) is 0.500. The minimum atomic E-state index is -1.12. The van der Waals surface area contributed by atoms with Crippen LogP contribution in [0.25, 0.3) is 0 Å². The quantitative estimate of drug-likeness (QED) is 0.569. The van der Waals surface area contributed by atoms with E-state index in [1.54, 1.807) is 0 Å². The third kappa shape index (κ3) is 3.78. The van der Waals surface area contributed by atoms with Crippen LogP contribution in [0.4, 0.5) is 0 Å². The van der Waals surface area contributed by atoms with E-state index in [4.69, 9.17) is 16.9 Å². The molecular weight excluding hydrogens is 146 g/mol. The van der Waals surface area contributed by atoms with Gasteiger partial charge in [0, 0.05) is 18.7 Å². The van der Waals surface area contributed by atoms with Crippen molar-refractivity contribution in [3.63, 3.8) is 0 Å². The molecule has 4 nitrogen and oxygen atoms in total. The van der Waals surface area contributed by atoms with E-state index in [1.165, 1.54) is 6.92 Å². The number of rotatable bonds is 2. The number of hydrogen-bond donors (Lipinski definition) is 1. The molecule has 0 aliphatic rings. The first-order chi connectivity index (χ1) is 4.04. The van der Waals surface area contributed by atoms with Gasteiger partial charge < -0.3 is 5.11 Å². The van der Waals surface area contributed by atoms with E-state index < -0.39 is 18.4 Å². The molecule has 0 atom stereocenters. The number of amides is 1. The lowest BCUT2D eigenvalue weighted by molar-refractivity contribution is -0.140. The Morgan fingerprint density at radius 1 is 1.67 bits per heavy atom. The summed E-state index contributed by atoms with van der Waals surface area (Å²) in [5.41, 5.74) is 0. The van der Waals surface area contributed by atoms with Crippen LogP contribution in [0.2, 0.25) is 0 Å². The molecule has 0 bridgehead atoms. The zero-order valence-electron chi connectivity index (χ0n) is 4.80. The Morgan fingerprint density at radius 2 is 2.11 bits per heavy atom. The summed E-state index contributed by atoms with van der Waals surface area (Å²) in [5.74, 6) is -1.60. The number of carboxylic acid groups (broad SMARTS) is 1. The summed E-state index contributed by atoms with van der Waals surface area (Å²) in [5, 5.41) is 8.05. The smallest absolute Gasteiger partial charge is 0.324 e. The maximum atomic E-state index is 10.2. The molecule has 0 spiro atoms. The van der Waals surface area contributed by atoms with Gasteiger partial charge in [-0.1, -0.05) is 0 Å². The topological polar surface area (TPSA) is 57.6 Å². The van der Waals surface area contributed by atoms with Gasteiger partial charge in [0.1, 0.15) is 6.54 Å². The highest BCUT2D eigenvalue weighted by molar-refractivity contribution is 6.21. The van der Waals surface area contributed by atoms with Crippen LogP contribution >= 0.6 is 11.8 Å². The van der Waals surface area contributed by atoms with E-state index in [0.717, 1.165) is 0 Å². The summed E-state index contributed by atoms with van der Waals surface area (Å²) < 4.78 is 0.600. The van der Waals surface area contributed by atoms with Crippen LogP contribution in [0, 0.1) is 0 Å². The van der Waals surface area contributed by atoms with Crippen molar-refractivity contribution in [3.05, 3.63) is 0 Å². The summed E-state index contributed by atoms with van der Waals surface area (Å²) in [7, 11) is 0. The first kappa shape index (κ1) is 8.23. The molecule has 1 N–H and O–H groups in total. The molecule has 0 aromatic rings. The van der Waals surface area contributed by atoms with Gasteiger partial charge in [0.05, 0.1) is 0 Å². The molecule has 0 unspecified atom stereocenters. The number of carboxylic acids is 1. The second-order valence-electron chi connectivity index (χ2n) is 1.43. The van der Waals surface area contributed by atoms with Crippen molar-refractivity contribution in [2.24, 2.45) is 0 Å². The lowest BCUT2D eigenvalue weighted by atomic mass is 10.6. The van der Waals surface area contributed by atoms with E-state index in [1.807, 2.05) is 0 Å². The molecule has 0 aliphatic heterocycles. The number of carbonyl (C=O) groups is 2. The monoisotopic (exact) mass is 151 g/mol. The molecule has 9 heavy (non-hydrogen) atoms. The zero-order chi connectivity index (χ0) is 7.44. The molecule has 5 heteroatoms. The average Bonchev–Trinajstić information content (AvgIpc) is 1.63. The van der Waals surface area contributed by atoms with E-state index in [0.29, 0.717) is 4.42 Å². The number of hydrogen-bond acceptors (Lipinski definition) is 2. The molecular formula is C4H6ClNO3. The van der Waals surface area contributed by atoms with Gasteiger partial charge in [0.25, 0.3) is 0 Å². The maximum Gasteiger partial charge on any atom is 0.324 e. The maximum absolute atomic E-state index is 10.2. The Balaban J connectivity index is 3.63. The summed E-state index contributed by atoms with van der Waals surface area (Å²) in [6.07, 6.45) is 0. The van der Waals surface area contributed by atoms with Crippen molar-refractivity contribution in [2.45, 2.75) is 6.92 Å². The lowest BCUT2D eigenvalue weighted by Gasteiger charge is -2.05. The van der Waals surface area contributed by atoms with E-state index >= 15 is 0 Å². The molecule has 0 heterocycles. The largest absolute Gasteiger partial charge is 0.480 e. The third-order valence-electron chi connectivity index (χ3n) is 0.616. The predicted molar refractivity (Wildman–Crippen MR) is 30.9 cm³/mol. The molecule has 0 saturated carbocycles. The van der Waals surface area contributed by atoms with E-state index in [9.17, 15) is 9.59 Å². The fourth-order valence-electron chi connectivity index (χ4n) is 0.230. The predicted octanol–water partition coefficient (Wildman–Crippen LogP) is 0.0733. The Bertz CT molecular complexity index is 136. The molecule has 0 aromatic carbocycles. The third-order valence-corrected chi connectivity index (χ3v) is 0.973. The van der Waals surface area contributed by atoms with Gasteiger partial charge >= 0.3 is 5.97 Å². The highest BCUT2D eigenvalue weighted by Gasteiger charge is 2.07. The van der Waals surface area contributed by atoms with Gasteiger partial charge in [-0.15, -0.1) is 0 Å². The molecule has 0 rings (SSSR count). The van der Waals surface area contributed by atoms with Crippen LogP contribution in [0.5, 0.6) is 0 Å². The van der Waals surface area contributed by atoms with Crippen LogP contribution in [0.1, 0.15) is 6.92 Å². The molecule has 0 fully saturated rings. The van der Waals surface area contributed by atoms with Gasteiger partial charge in [-0.05, 0) is 0 Å². The highest BCUT2D eigenvalue weighted by Crippen LogP contribution is 1.92. The van der Waals surface area contributed by atoms with E-state index in [2.05, 4.69) is 0 Å². The van der Waals surface area contributed by atoms with Gasteiger partial charge in [-0.2, -0.15) is 0 Å². The standard InChI is InChI=1S/C4H6ClNO3/c1-3(7)6(5)2-4(8)9/h2H2,1H3,(H,8,9). The molecule has 0 aliphatic carbocycles. The van der Waals surface area contributed by atoms with Crippen LogP contribution in [0.15, 0.2) is 0 Å². The lowest BCUT2D eigenvalue weighted by Crippen LogP contribution is -2.24. The second kappa shape index (κ2) is 3.29. The van der Waals surface area contributed by atoms with Crippen molar-refractivity contribution in [2.75, 3.05) is 6.54 Å². The molecule has 0 radical (unpaired) electrons. The average molecular weight is 152 g/mol. The summed E-state index contributed by atoms with van der Waals surface area (Å²) in [4.78, 5) is 20.0. The SMILES string of the molecule is CC(=O)N(Cl)CC(=O)O. The molecule has 1 amide bonds.